The fourth-order valence-corrected chi connectivity index (χ4v) is 5.40. The molecule has 8 heteroatoms. The summed E-state index contributed by atoms with van der Waals surface area (Å²) in [5, 5.41) is 3.30. The molecule has 6 nitrogen and oxygen atoms in total. The van der Waals surface area contributed by atoms with E-state index in [1.165, 1.54) is 56.4 Å². The van der Waals surface area contributed by atoms with Gasteiger partial charge in [0.25, 0.3) is 10.0 Å². The van der Waals surface area contributed by atoms with E-state index < -0.39 is 15.9 Å². The fraction of sp³-hybridized carbons (Fsp3) is 0.556. The Hall–Kier alpha value is -1.54. The Labute approximate surface area is 159 Å². The Morgan fingerprint density at radius 1 is 1.15 bits per heavy atom. The Morgan fingerprint density at radius 3 is 2.31 bits per heavy atom. The van der Waals surface area contributed by atoms with Gasteiger partial charge in [0.2, 0.25) is 11.8 Å². The van der Waals surface area contributed by atoms with E-state index in [-0.39, 0.29) is 16.1 Å². The van der Waals surface area contributed by atoms with Crippen LogP contribution < -0.4 is 10.0 Å². The fourth-order valence-electron chi connectivity index (χ4n) is 2.97. The average Bonchev–Trinajstić information content (AvgIpc) is 2.60. The van der Waals surface area contributed by atoms with Gasteiger partial charge in [-0.3, -0.25) is 9.59 Å². The maximum atomic E-state index is 12.5. The molecule has 0 radical (unpaired) electrons. The minimum Gasteiger partial charge on any atom is -0.325 e. The van der Waals surface area contributed by atoms with E-state index in [1.807, 2.05) is 11.6 Å². The van der Waals surface area contributed by atoms with Crippen LogP contribution in [-0.2, 0) is 19.6 Å². The highest BCUT2D eigenvalue weighted by molar-refractivity contribution is 8.01. The number of carbonyl (C=O) groups is 2. The number of anilines is 1. The second kappa shape index (κ2) is 9.41. The molecule has 2 rings (SSSR count). The number of sulfonamides is 1. The number of nitrogens with one attached hydrogen (secondary N) is 2. The number of thioether (sulfide) groups is 1. The quantitative estimate of drug-likeness (QED) is 0.735. The van der Waals surface area contributed by atoms with Crippen molar-refractivity contribution < 1.29 is 18.0 Å². The van der Waals surface area contributed by atoms with E-state index in [0.29, 0.717) is 10.9 Å². The molecular weight excluding hydrogens is 372 g/mol. The van der Waals surface area contributed by atoms with E-state index >= 15 is 0 Å². The normalized spacial score (nSPS) is 16.7. The van der Waals surface area contributed by atoms with Crippen LogP contribution in [0.4, 0.5) is 5.69 Å². The Morgan fingerprint density at radius 2 is 1.77 bits per heavy atom. The summed E-state index contributed by atoms with van der Waals surface area (Å²) in [5.74, 6) is -0.701. The molecule has 1 aromatic carbocycles. The zero-order valence-corrected chi connectivity index (χ0v) is 16.8. The average molecular weight is 399 g/mol. The second-order valence-corrected chi connectivity index (χ2v) is 9.66. The molecule has 1 aliphatic rings. The van der Waals surface area contributed by atoms with Crippen LogP contribution in [0.1, 0.15) is 52.4 Å². The van der Waals surface area contributed by atoms with Gasteiger partial charge < -0.3 is 5.32 Å². The van der Waals surface area contributed by atoms with Crippen molar-refractivity contribution in [3.63, 3.8) is 0 Å². The zero-order chi connectivity index (χ0) is 19.2. The summed E-state index contributed by atoms with van der Waals surface area (Å²) in [6, 6.07) is 5.81. The minimum absolute atomic E-state index is 0.0191. The first-order valence-electron chi connectivity index (χ1n) is 8.91. The maximum absolute atomic E-state index is 12.5. The maximum Gasteiger partial charge on any atom is 0.264 e. The molecule has 0 aromatic heterocycles. The number of hydrogen-bond donors (Lipinski definition) is 2. The molecule has 2 amide bonds. The molecule has 0 spiro atoms. The van der Waals surface area contributed by atoms with Gasteiger partial charge in [-0.25, -0.2) is 13.1 Å². The van der Waals surface area contributed by atoms with Crippen LogP contribution in [0, 0.1) is 0 Å². The van der Waals surface area contributed by atoms with Gasteiger partial charge >= 0.3 is 0 Å². The van der Waals surface area contributed by atoms with Crippen molar-refractivity contribution in [3.8, 4) is 0 Å². The zero-order valence-electron chi connectivity index (χ0n) is 15.2. The molecule has 1 aromatic rings. The lowest BCUT2D eigenvalue weighted by atomic mass is 10.0. The summed E-state index contributed by atoms with van der Waals surface area (Å²) in [7, 11) is -3.86. The molecule has 1 saturated carbocycles. The van der Waals surface area contributed by atoms with Gasteiger partial charge in [-0.05, 0) is 43.5 Å². The minimum atomic E-state index is -3.86. The lowest BCUT2D eigenvalue weighted by Gasteiger charge is -2.25. The van der Waals surface area contributed by atoms with Crippen molar-refractivity contribution >= 4 is 39.3 Å². The number of carbonyl (C=O) groups excluding carboxylic acids is 2. The van der Waals surface area contributed by atoms with E-state index in [0.717, 1.165) is 13.3 Å². The lowest BCUT2D eigenvalue weighted by molar-refractivity contribution is -0.117. The summed E-state index contributed by atoms with van der Waals surface area (Å²) >= 11 is 1.75. The molecule has 1 unspecified atom stereocenters. The van der Waals surface area contributed by atoms with Crippen LogP contribution in [0.15, 0.2) is 29.2 Å². The van der Waals surface area contributed by atoms with Crippen LogP contribution in [0.25, 0.3) is 0 Å². The monoisotopic (exact) mass is 398 g/mol. The van der Waals surface area contributed by atoms with Crippen LogP contribution in [0.3, 0.4) is 0 Å². The standard InChI is InChI=1S/C18H26N2O4S2/c1-3-17(25-15-7-5-4-6-8-15)18(22)19-14-9-11-16(12-10-14)26(23,24)20-13(2)21/h9-12,15,17H,3-8H2,1-2H3,(H,19,22)(H,20,21). The molecule has 2 N–H and O–H groups in total. The van der Waals surface area contributed by atoms with Crippen molar-refractivity contribution in [1.29, 1.82) is 0 Å². The Balaban J connectivity index is 1.98. The van der Waals surface area contributed by atoms with Gasteiger partial charge in [0, 0.05) is 17.9 Å². The highest BCUT2D eigenvalue weighted by Crippen LogP contribution is 2.32. The van der Waals surface area contributed by atoms with E-state index in [2.05, 4.69) is 5.32 Å². The molecule has 0 bridgehead atoms. The van der Waals surface area contributed by atoms with Crippen molar-refractivity contribution in [3.05, 3.63) is 24.3 Å². The molecule has 26 heavy (non-hydrogen) atoms. The summed E-state index contributed by atoms with van der Waals surface area (Å²) in [4.78, 5) is 23.5. The van der Waals surface area contributed by atoms with Gasteiger partial charge in [-0.15, -0.1) is 11.8 Å². The smallest absolute Gasteiger partial charge is 0.264 e. The third-order valence-corrected chi connectivity index (χ3v) is 7.46. The second-order valence-electron chi connectivity index (χ2n) is 6.47. The summed E-state index contributed by atoms with van der Waals surface area (Å²) in [5.41, 5.74) is 0.541. The van der Waals surface area contributed by atoms with Crippen LogP contribution in [0.2, 0.25) is 0 Å². The van der Waals surface area contributed by atoms with Crippen LogP contribution >= 0.6 is 11.8 Å². The highest BCUT2D eigenvalue weighted by Gasteiger charge is 2.24. The van der Waals surface area contributed by atoms with Gasteiger partial charge in [0.15, 0.2) is 0 Å². The van der Waals surface area contributed by atoms with E-state index in [4.69, 9.17) is 0 Å². The van der Waals surface area contributed by atoms with Crippen molar-refractivity contribution in [2.75, 3.05) is 5.32 Å². The molecule has 1 fully saturated rings. The highest BCUT2D eigenvalue weighted by atomic mass is 32.2. The van der Waals surface area contributed by atoms with Gasteiger partial charge in [0.1, 0.15) is 0 Å². The number of hydrogen-bond acceptors (Lipinski definition) is 5. The molecular formula is C18H26N2O4S2. The Kier molecular flexibility index (Phi) is 7.52. The molecule has 1 aliphatic carbocycles. The molecule has 144 valence electrons. The predicted molar refractivity (Wildman–Crippen MR) is 105 cm³/mol. The number of amides is 2. The van der Waals surface area contributed by atoms with E-state index in [9.17, 15) is 18.0 Å². The third kappa shape index (κ3) is 6.02. The topological polar surface area (TPSA) is 92.3 Å². The van der Waals surface area contributed by atoms with Gasteiger partial charge in [0.05, 0.1) is 10.1 Å². The first kappa shape index (κ1) is 20.8. The number of rotatable bonds is 7. The lowest BCUT2D eigenvalue weighted by Crippen LogP contribution is -2.28. The van der Waals surface area contributed by atoms with Crippen molar-refractivity contribution in [2.45, 2.75) is 67.8 Å². The van der Waals surface area contributed by atoms with E-state index in [1.54, 1.807) is 11.8 Å². The first-order valence-corrected chi connectivity index (χ1v) is 11.3. The Bertz CT molecular complexity index is 726. The number of benzene rings is 1. The third-order valence-electron chi connectivity index (χ3n) is 4.28. The van der Waals surface area contributed by atoms with Gasteiger partial charge in [-0.1, -0.05) is 26.2 Å². The van der Waals surface area contributed by atoms with Crippen molar-refractivity contribution in [1.82, 2.24) is 4.72 Å². The van der Waals surface area contributed by atoms with Crippen LogP contribution in [0.5, 0.6) is 0 Å². The summed E-state index contributed by atoms with van der Waals surface area (Å²) < 4.78 is 25.8. The molecule has 1 atom stereocenters. The van der Waals surface area contributed by atoms with Gasteiger partial charge in [-0.2, -0.15) is 0 Å². The molecule has 0 saturated heterocycles. The first-order chi connectivity index (χ1) is 12.3. The van der Waals surface area contributed by atoms with Crippen molar-refractivity contribution in [2.24, 2.45) is 0 Å². The molecule has 0 heterocycles. The SMILES string of the molecule is CCC(SC1CCCCC1)C(=O)Nc1ccc(S(=O)(=O)NC(C)=O)cc1. The molecule has 0 aliphatic heterocycles. The predicted octanol–water partition coefficient (Wildman–Crippen LogP) is 3.29. The van der Waals surface area contributed by atoms with Crippen LogP contribution in [-0.4, -0.2) is 30.7 Å². The largest absolute Gasteiger partial charge is 0.325 e. The summed E-state index contributed by atoms with van der Waals surface area (Å²) in [6.45, 7) is 3.14. The summed E-state index contributed by atoms with van der Waals surface area (Å²) in [6.07, 6.45) is 6.85.